The number of likely N-dealkylation sites (tertiary alicyclic amines) is 1. The van der Waals surface area contributed by atoms with Gasteiger partial charge in [-0.25, -0.2) is 0 Å². The third-order valence-electron chi connectivity index (χ3n) is 4.52. The third-order valence-corrected chi connectivity index (χ3v) is 4.52. The molecule has 3 atom stereocenters. The molecule has 1 amide bonds. The van der Waals surface area contributed by atoms with Crippen molar-refractivity contribution >= 4 is 5.91 Å². The van der Waals surface area contributed by atoms with Crippen molar-refractivity contribution in [3.05, 3.63) is 0 Å². The molecular formula is C15H28N2O3. The number of carbonyl (C=O) groups is 1. The van der Waals surface area contributed by atoms with Crippen molar-refractivity contribution in [1.82, 2.24) is 4.90 Å². The first-order valence-corrected chi connectivity index (χ1v) is 7.76. The maximum absolute atomic E-state index is 12.3. The summed E-state index contributed by atoms with van der Waals surface area (Å²) in [4.78, 5) is 14.2. The number of rotatable bonds is 5. The van der Waals surface area contributed by atoms with Crippen molar-refractivity contribution in [2.24, 2.45) is 11.1 Å². The number of hydrogen-bond acceptors (Lipinski definition) is 4. The van der Waals surface area contributed by atoms with Gasteiger partial charge in [-0.05, 0) is 44.6 Å². The highest BCUT2D eigenvalue weighted by Gasteiger charge is 2.36. The number of ether oxygens (including phenoxy) is 2. The molecule has 5 nitrogen and oxygen atoms in total. The molecule has 0 bridgehead atoms. The second-order valence-electron chi connectivity index (χ2n) is 6.49. The van der Waals surface area contributed by atoms with Gasteiger partial charge in [-0.1, -0.05) is 6.92 Å². The van der Waals surface area contributed by atoms with Gasteiger partial charge in [0, 0.05) is 19.7 Å². The summed E-state index contributed by atoms with van der Waals surface area (Å²) in [5.41, 5.74) is 5.85. The predicted molar refractivity (Wildman–Crippen MR) is 77.4 cm³/mol. The Balaban J connectivity index is 1.74. The predicted octanol–water partition coefficient (Wildman–Crippen LogP) is 1.16. The minimum absolute atomic E-state index is 0.0713. The molecule has 2 aliphatic heterocycles. The quantitative estimate of drug-likeness (QED) is 0.823. The van der Waals surface area contributed by atoms with E-state index in [1.165, 1.54) is 6.42 Å². The minimum Gasteiger partial charge on any atom is -0.376 e. The first-order chi connectivity index (χ1) is 9.54. The van der Waals surface area contributed by atoms with E-state index in [1.807, 2.05) is 11.8 Å². The van der Waals surface area contributed by atoms with Crippen LogP contribution in [0.2, 0.25) is 0 Å². The van der Waals surface area contributed by atoms with Crippen LogP contribution in [0.3, 0.4) is 0 Å². The van der Waals surface area contributed by atoms with Gasteiger partial charge in [0.05, 0.1) is 12.7 Å². The lowest BCUT2D eigenvalue weighted by Crippen LogP contribution is -2.41. The minimum atomic E-state index is -0.388. The lowest BCUT2D eigenvalue weighted by atomic mass is 9.90. The van der Waals surface area contributed by atoms with E-state index < -0.39 is 0 Å². The first kappa shape index (κ1) is 15.7. The van der Waals surface area contributed by atoms with Crippen molar-refractivity contribution in [2.75, 3.05) is 32.8 Å². The summed E-state index contributed by atoms with van der Waals surface area (Å²) in [6.07, 6.45) is 4.12. The van der Waals surface area contributed by atoms with Gasteiger partial charge in [0.1, 0.15) is 6.10 Å². The summed E-state index contributed by atoms with van der Waals surface area (Å²) in [5, 5.41) is 0. The molecule has 3 unspecified atom stereocenters. The fourth-order valence-corrected chi connectivity index (χ4v) is 2.90. The van der Waals surface area contributed by atoms with E-state index in [2.05, 4.69) is 6.92 Å². The van der Waals surface area contributed by atoms with Gasteiger partial charge < -0.3 is 20.1 Å². The Labute approximate surface area is 121 Å². The Morgan fingerprint density at radius 2 is 2.35 bits per heavy atom. The fourth-order valence-electron chi connectivity index (χ4n) is 2.90. The lowest BCUT2D eigenvalue weighted by Gasteiger charge is -2.27. The smallest absolute Gasteiger partial charge is 0.251 e. The summed E-state index contributed by atoms with van der Waals surface area (Å²) in [5.74, 6) is 0.0815. The number of hydrogen-bond donors (Lipinski definition) is 1. The van der Waals surface area contributed by atoms with Crippen LogP contribution >= 0.6 is 0 Å². The SMILES string of the molecule is CC(OCC1CCCCO1)C(=O)N1CCC(C)(CN)C1. The summed E-state index contributed by atoms with van der Waals surface area (Å²) < 4.78 is 11.3. The molecule has 5 heteroatoms. The van der Waals surface area contributed by atoms with Gasteiger partial charge in [0.2, 0.25) is 0 Å². The zero-order valence-corrected chi connectivity index (χ0v) is 12.8. The lowest BCUT2D eigenvalue weighted by molar-refractivity contribution is -0.145. The monoisotopic (exact) mass is 284 g/mol. The molecule has 2 heterocycles. The molecule has 116 valence electrons. The van der Waals surface area contributed by atoms with Crippen LogP contribution in [-0.2, 0) is 14.3 Å². The molecular weight excluding hydrogens is 256 g/mol. The van der Waals surface area contributed by atoms with Crippen molar-refractivity contribution in [1.29, 1.82) is 0 Å². The second kappa shape index (κ2) is 6.87. The van der Waals surface area contributed by atoms with Gasteiger partial charge in [-0.3, -0.25) is 4.79 Å². The average Bonchev–Trinajstić information content (AvgIpc) is 2.88. The van der Waals surface area contributed by atoms with Crippen LogP contribution in [0.4, 0.5) is 0 Å². The molecule has 0 spiro atoms. The van der Waals surface area contributed by atoms with Crippen LogP contribution in [-0.4, -0.2) is 55.9 Å². The normalized spacial score (nSPS) is 32.4. The molecule has 2 aliphatic rings. The number of nitrogens with two attached hydrogens (primary N) is 1. The zero-order chi connectivity index (χ0) is 14.6. The molecule has 2 saturated heterocycles. The standard InChI is InChI=1S/C15H28N2O3/c1-12(20-9-13-5-3-4-8-19-13)14(18)17-7-6-15(2,10-16)11-17/h12-13H,3-11,16H2,1-2H3. The second-order valence-corrected chi connectivity index (χ2v) is 6.49. The van der Waals surface area contributed by atoms with Gasteiger partial charge in [0.15, 0.2) is 0 Å². The van der Waals surface area contributed by atoms with Crippen LogP contribution in [0.5, 0.6) is 0 Å². The summed E-state index contributed by atoms with van der Waals surface area (Å²) in [6.45, 7) is 7.48. The molecule has 2 rings (SSSR count). The summed E-state index contributed by atoms with van der Waals surface area (Å²) >= 11 is 0. The van der Waals surface area contributed by atoms with Crippen molar-refractivity contribution in [3.63, 3.8) is 0 Å². The van der Waals surface area contributed by atoms with E-state index in [9.17, 15) is 4.79 Å². The molecule has 0 saturated carbocycles. The van der Waals surface area contributed by atoms with Crippen LogP contribution in [0.1, 0.15) is 39.5 Å². The third kappa shape index (κ3) is 3.93. The average molecular weight is 284 g/mol. The van der Waals surface area contributed by atoms with Crippen LogP contribution in [0.25, 0.3) is 0 Å². The van der Waals surface area contributed by atoms with Gasteiger partial charge in [-0.2, -0.15) is 0 Å². The fraction of sp³-hybridized carbons (Fsp3) is 0.933. The van der Waals surface area contributed by atoms with Gasteiger partial charge in [-0.15, -0.1) is 0 Å². The van der Waals surface area contributed by atoms with Crippen molar-refractivity contribution in [2.45, 2.75) is 51.7 Å². The van der Waals surface area contributed by atoms with Gasteiger partial charge in [0.25, 0.3) is 5.91 Å². The van der Waals surface area contributed by atoms with E-state index in [1.54, 1.807) is 0 Å². The molecule has 0 radical (unpaired) electrons. The van der Waals surface area contributed by atoms with E-state index in [0.29, 0.717) is 13.2 Å². The summed E-state index contributed by atoms with van der Waals surface area (Å²) in [7, 11) is 0. The van der Waals surface area contributed by atoms with Crippen molar-refractivity contribution < 1.29 is 14.3 Å². The van der Waals surface area contributed by atoms with Crippen molar-refractivity contribution in [3.8, 4) is 0 Å². The molecule has 2 N–H and O–H groups in total. The maximum atomic E-state index is 12.3. The first-order valence-electron chi connectivity index (χ1n) is 7.76. The Bertz CT molecular complexity index is 331. The molecule has 2 fully saturated rings. The number of amides is 1. The molecule has 0 aromatic heterocycles. The molecule has 0 aromatic carbocycles. The Kier molecular flexibility index (Phi) is 5.41. The highest BCUT2D eigenvalue weighted by Crippen LogP contribution is 2.29. The Morgan fingerprint density at radius 1 is 1.55 bits per heavy atom. The number of nitrogens with zero attached hydrogens (tertiary/aromatic N) is 1. The molecule has 0 aromatic rings. The Hall–Kier alpha value is -0.650. The largest absolute Gasteiger partial charge is 0.376 e. The maximum Gasteiger partial charge on any atom is 0.251 e. The van der Waals surface area contributed by atoms with E-state index in [0.717, 1.165) is 39.0 Å². The number of carbonyl (C=O) groups excluding carboxylic acids is 1. The Morgan fingerprint density at radius 3 is 2.95 bits per heavy atom. The highest BCUT2D eigenvalue weighted by molar-refractivity contribution is 5.80. The van der Waals surface area contributed by atoms with E-state index in [-0.39, 0.29) is 23.5 Å². The topological polar surface area (TPSA) is 64.8 Å². The van der Waals surface area contributed by atoms with E-state index >= 15 is 0 Å². The van der Waals surface area contributed by atoms with E-state index in [4.69, 9.17) is 15.2 Å². The highest BCUT2D eigenvalue weighted by atomic mass is 16.5. The van der Waals surface area contributed by atoms with Crippen LogP contribution in [0, 0.1) is 5.41 Å². The van der Waals surface area contributed by atoms with Crippen LogP contribution < -0.4 is 5.73 Å². The van der Waals surface area contributed by atoms with Gasteiger partial charge >= 0.3 is 0 Å². The zero-order valence-electron chi connectivity index (χ0n) is 12.8. The molecule has 20 heavy (non-hydrogen) atoms. The molecule has 0 aliphatic carbocycles. The summed E-state index contributed by atoms with van der Waals surface area (Å²) in [6, 6.07) is 0. The van der Waals surface area contributed by atoms with Crippen LogP contribution in [0.15, 0.2) is 0 Å².